The molecule has 0 amide bonds. The van der Waals surface area contributed by atoms with Gasteiger partial charge in [-0.05, 0) is 31.2 Å². The number of ether oxygens (including phenoxy) is 1. The van der Waals surface area contributed by atoms with Crippen molar-refractivity contribution >= 4 is 0 Å². The SMILES string of the molecule is CCC1OCCC1C(CCc1cnn(C)c1)NN. The van der Waals surface area contributed by atoms with Gasteiger partial charge in [0.15, 0.2) is 0 Å². The van der Waals surface area contributed by atoms with E-state index in [2.05, 4.69) is 23.6 Å². The number of nitrogens with zero attached hydrogens (tertiary/aromatic N) is 2. The second-order valence-electron chi connectivity index (χ2n) is 5.10. The maximum absolute atomic E-state index is 5.74. The number of rotatable bonds is 6. The van der Waals surface area contributed by atoms with Crippen molar-refractivity contribution in [1.29, 1.82) is 0 Å². The highest BCUT2D eigenvalue weighted by Crippen LogP contribution is 2.28. The fourth-order valence-corrected chi connectivity index (χ4v) is 2.89. The largest absolute Gasteiger partial charge is 0.378 e. The van der Waals surface area contributed by atoms with E-state index in [-0.39, 0.29) is 0 Å². The van der Waals surface area contributed by atoms with Gasteiger partial charge in [-0.2, -0.15) is 5.10 Å². The molecule has 3 atom stereocenters. The minimum Gasteiger partial charge on any atom is -0.378 e. The second-order valence-corrected chi connectivity index (χ2v) is 5.10. The fraction of sp³-hybridized carbons (Fsp3) is 0.769. The Kier molecular flexibility index (Phi) is 4.74. The van der Waals surface area contributed by atoms with Crippen LogP contribution in [0.15, 0.2) is 12.4 Å². The van der Waals surface area contributed by atoms with Crippen molar-refractivity contribution in [1.82, 2.24) is 15.2 Å². The molecule has 1 aromatic heterocycles. The molecule has 0 aromatic carbocycles. The van der Waals surface area contributed by atoms with Crippen molar-refractivity contribution in [2.24, 2.45) is 18.8 Å². The molecule has 0 bridgehead atoms. The maximum atomic E-state index is 5.74. The molecule has 1 aliphatic rings. The summed E-state index contributed by atoms with van der Waals surface area (Å²) in [5, 5.41) is 4.19. The van der Waals surface area contributed by atoms with Crippen LogP contribution in [0.2, 0.25) is 0 Å². The predicted molar refractivity (Wildman–Crippen MR) is 70.8 cm³/mol. The monoisotopic (exact) mass is 252 g/mol. The highest BCUT2D eigenvalue weighted by atomic mass is 16.5. The molecule has 0 spiro atoms. The molecular weight excluding hydrogens is 228 g/mol. The van der Waals surface area contributed by atoms with Gasteiger partial charge in [0.25, 0.3) is 0 Å². The van der Waals surface area contributed by atoms with Crippen LogP contribution >= 0.6 is 0 Å². The quantitative estimate of drug-likeness (QED) is 0.585. The summed E-state index contributed by atoms with van der Waals surface area (Å²) in [7, 11) is 1.94. The molecule has 2 rings (SSSR count). The molecule has 1 aliphatic heterocycles. The number of hydrogen-bond acceptors (Lipinski definition) is 4. The van der Waals surface area contributed by atoms with Crippen LogP contribution in [0.3, 0.4) is 0 Å². The zero-order chi connectivity index (χ0) is 13.0. The zero-order valence-corrected chi connectivity index (χ0v) is 11.3. The van der Waals surface area contributed by atoms with E-state index >= 15 is 0 Å². The molecule has 18 heavy (non-hydrogen) atoms. The Morgan fingerprint density at radius 1 is 1.67 bits per heavy atom. The lowest BCUT2D eigenvalue weighted by Gasteiger charge is -2.26. The third-order valence-corrected chi connectivity index (χ3v) is 3.90. The van der Waals surface area contributed by atoms with Crippen LogP contribution in [0, 0.1) is 5.92 Å². The Bertz CT molecular complexity index is 366. The first-order chi connectivity index (χ1) is 8.74. The normalized spacial score (nSPS) is 25.5. The standard InChI is InChI=1S/C13H24N4O/c1-3-13-11(6-7-18-13)12(16-14)5-4-10-8-15-17(2)9-10/h8-9,11-13,16H,3-7,14H2,1-2H3. The first-order valence-corrected chi connectivity index (χ1v) is 6.79. The van der Waals surface area contributed by atoms with Crippen molar-refractivity contribution < 1.29 is 4.74 Å². The van der Waals surface area contributed by atoms with Crippen LogP contribution in [0.25, 0.3) is 0 Å². The fourth-order valence-electron chi connectivity index (χ4n) is 2.89. The minimum atomic E-state index is 0.331. The van der Waals surface area contributed by atoms with Gasteiger partial charge in [0, 0.05) is 31.8 Å². The Balaban J connectivity index is 1.88. The van der Waals surface area contributed by atoms with Crippen LogP contribution < -0.4 is 11.3 Å². The lowest BCUT2D eigenvalue weighted by atomic mass is 9.88. The molecular formula is C13H24N4O. The van der Waals surface area contributed by atoms with Crippen LogP contribution in [0.4, 0.5) is 0 Å². The van der Waals surface area contributed by atoms with Gasteiger partial charge in [-0.3, -0.25) is 16.0 Å². The molecule has 0 aliphatic carbocycles. The number of aryl methyl sites for hydroxylation is 2. The summed E-state index contributed by atoms with van der Waals surface area (Å²) < 4.78 is 7.58. The van der Waals surface area contributed by atoms with E-state index in [4.69, 9.17) is 10.6 Å². The first kappa shape index (κ1) is 13.5. The van der Waals surface area contributed by atoms with Gasteiger partial charge in [-0.1, -0.05) is 6.92 Å². The average molecular weight is 252 g/mol. The molecule has 0 saturated carbocycles. The number of nitrogens with two attached hydrogens (primary N) is 1. The topological polar surface area (TPSA) is 65.1 Å². The molecule has 5 heteroatoms. The van der Waals surface area contributed by atoms with Crippen LogP contribution in [0.1, 0.15) is 31.7 Å². The van der Waals surface area contributed by atoms with Gasteiger partial charge >= 0.3 is 0 Å². The van der Waals surface area contributed by atoms with Gasteiger partial charge in [0.05, 0.1) is 12.3 Å². The predicted octanol–water partition coefficient (Wildman–Crippen LogP) is 1.000. The van der Waals surface area contributed by atoms with E-state index in [9.17, 15) is 0 Å². The number of aromatic nitrogens is 2. The van der Waals surface area contributed by atoms with Gasteiger partial charge in [0.2, 0.25) is 0 Å². The Labute approximate surface area is 109 Å². The van der Waals surface area contributed by atoms with E-state index in [0.717, 1.165) is 32.3 Å². The molecule has 3 N–H and O–H groups in total. The van der Waals surface area contributed by atoms with Gasteiger partial charge < -0.3 is 4.74 Å². The first-order valence-electron chi connectivity index (χ1n) is 6.79. The summed E-state index contributed by atoms with van der Waals surface area (Å²) >= 11 is 0. The summed E-state index contributed by atoms with van der Waals surface area (Å²) in [6, 6.07) is 0.331. The molecule has 0 radical (unpaired) electrons. The summed E-state index contributed by atoms with van der Waals surface area (Å²) in [4.78, 5) is 0. The molecule has 5 nitrogen and oxygen atoms in total. The van der Waals surface area contributed by atoms with E-state index in [0.29, 0.717) is 18.1 Å². The van der Waals surface area contributed by atoms with E-state index < -0.39 is 0 Å². The smallest absolute Gasteiger partial charge is 0.0616 e. The highest BCUT2D eigenvalue weighted by molar-refractivity contribution is 5.04. The molecule has 3 unspecified atom stereocenters. The molecule has 1 aromatic rings. The molecule has 102 valence electrons. The lowest BCUT2D eigenvalue weighted by molar-refractivity contribution is 0.0765. The average Bonchev–Trinajstić information content (AvgIpc) is 2.99. The summed E-state index contributed by atoms with van der Waals surface area (Å²) in [6.07, 6.45) is 8.57. The lowest BCUT2D eigenvalue weighted by Crippen LogP contribution is -2.44. The number of hydrazine groups is 1. The van der Waals surface area contributed by atoms with Crippen molar-refractivity contribution in [3.05, 3.63) is 18.0 Å². The van der Waals surface area contributed by atoms with Crippen molar-refractivity contribution in [3.8, 4) is 0 Å². The van der Waals surface area contributed by atoms with Crippen LogP contribution in [0.5, 0.6) is 0 Å². The second kappa shape index (κ2) is 6.31. The number of nitrogens with one attached hydrogen (secondary N) is 1. The van der Waals surface area contributed by atoms with Gasteiger partial charge in [0.1, 0.15) is 0 Å². The zero-order valence-electron chi connectivity index (χ0n) is 11.3. The minimum absolute atomic E-state index is 0.331. The molecule has 1 saturated heterocycles. The summed E-state index contributed by atoms with van der Waals surface area (Å²) in [5.74, 6) is 6.25. The van der Waals surface area contributed by atoms with E-state index in [1.807, 2.05) is 17.9 Å². The van der Waals surface area contributed by atoms with Gasteiger partial charge in [-0.15, -0.1) is 0 Å². The Morgan fingerprint density at radius 3 is 3.11 bits per heavy atom. The molecule has 1 fully saturated rings. The summed E-state index contributed by atoms with van der Waals surface area (Å²) in [5.41, 5.74) is 4.25. The summed E-state index contributed by atoms with van der Waals surface area (Å²) in [6.45, 7) is 3.05. The van der Waals surface area contributed by atoms with Gasteiger partial charge in [-0.25, -0.2) is 0 Å². The number of hydrogen-bond donors (Lipinski definition) is 2. The van der Waals surface area contributed by atoms with Crippen molar-refractivity contribution in [2.75, 3.05) is 6.61 Å². The third kappa shape index (κ3) is 3.10. The van der Waals surface area contributed by atoms with E-state index in [1.165, 1.54) is 5.56 Å². The highest BCUT2D eigenvalue weighted by Gasteiger charge is 2.32. The maximum Gasteiger partial charge on any atom is 0.0616 e. The van der Waals surface area contributed by atoms with E-state index in [1.54, 1.807) is 0 Å². The van der Waals surface area contributed by atoms with Crippen molar-refractivity contribution in [3.63, 3.8) is 0 Å². The Morgan fingerprint density at radius 2 is 2.50 bits per heavy atom. The third-order valence-electron chi connectivity index (χ3n) is 3.90. The molecule has 2 heterocycles. The van der Waals surface area contributed by atoms with Crippen LogP contribution in [-0.2, 0) is 18.2 Å². The Hall–Kier alpha value is -0.910. The van der Waals surface area contributed by atoms with Crippen LogP contribution in [-0.4, -0.2) is 28.5 Å². The van der Waals surface area contributed by atoms with Crippen molar-refractivity contribution in [2.45, 2.75) is 44.8 Å².